The van der Waals surface area contributed by atoms with Gasteiger partial charge in [-0.2, -0.15) is 5.10 Å². The van der Waals surface area contributed by atoms with Crippen LogP contribution >= 0.6 is 0 Å². The van der Waals surface area contributed by atoms with Crippen LogP contribution in [0.1, 0.15) is 58.4 Å². The third kappa shape index (κ3) is 8.83. The smallest absolute Gasteiger partial charge is 0.407 e. The molecule has 9 nitrogen and oxygen atoms in total. The summed E-state index contributed by atoms with van der Waals surface area (Å²) in [6.07, 6.45) is 1.14. The van der Waals surface area contributed by atoms with E-state index in [1.54, 1.807) is 62.7 Å². The third-order valence-electron chi connectivity index (χ3n) is 6.45. The molecule has 10 heteroatoms. The zero-order valence-electron chi connectivity index (χ0n) is 26.6. The van der Waals surface area contributed by atoms with E-state index in [0.29, 0.717) is 40.4 Å². The number of aromatic nitrogens is 2. The number of rotatable bonds is 11. The number of halogens is 1. The highest BCUT2D eigenvalue weighted by molar-refractivity contribution is 6.16. The second-order valence-corrected chi connectivity index (χ2v) is 12.1. The zero-order valence-corrected chi connectivity index (χ0v) is 26.6. The summed E-state index contributed by atoms with van der Waals surface area (Å²) < 4.78 is 32.1. The number of esters is 1. The van der Waals surface area contributed by atoms with Crippen LogP contribution in [0.5, 0.6) is 5.75 Å². The molecule has 0 aliphatic rings. The summed E-state index contributed by atoms with van der Waals surface area (Å²) in [6, 6.07) is 13.6. The predicted octanol–water partition coefficient (Wildman–Crippen LogP) is 6.01. The van der Waals surface area contributed by atoms with Crippen LogP contribution in [0.4, 0.5) is 9.18 Å². The molecule has 0 aliphatic heterocycles. The van der Waals surface area contributed by atoms with Gasteiger partial charge in [-0.25, -0.2) is 14.0 Å². The number of carbonyl (C=O) groups excluding carboxylic acids is 2. The van der Waals surface area contributed by atoms with E-state index in [1.807, 2.05) is 52.2 Å². The predicted molar refractivity (Wildman–Crippen MR) is 165 cm³/mol. The van der Waals surface area contributed by atoms with Gasteiger partial charge in [0.1, 0.15) is 22.7 Å². The van der Waals surface area contributed by atoms with Crippen molar-refractivity contribution in [3.05, 3.63) is 77.4 Å². The lowest BCUT2D eigenvalue weighted by atomic mass is 9.80. The number of benzene rings is 2. The Balaban J connectivity index is 2.31. The van der Waals surface area contributed by atoms with Crippen molar-refractivity contribution in [3.8, 4) is 17.0 Å². The monoisotopic (exact) mass is 594 g/mol. The van der Waals surface area contributed by atoms with Crippen LogP contribution in [-0.2, 0) is 26.2 Å². The van der Waals surface area contributed by atoms with E-state index in [2.05, 4.69) is 5.32 Å². The highest BCUT2D eigenvalue weighted by Gasteiger charge is 2.36. The highest BCUT2D eigenvalue weighted by Crippen LogP contribution is 2.39. The van der Waals surface area contributed by atoms with Gasteiger partial charge in [0.2, 0.25) is 0 Å². The maximum absolute atomic E-state index is 14.0. The second kappa shape index (κ2) is 13.8. The van der Waals surface area contributed by atoms with Gasteiger partial charge < -0.3 is 24.4 Å². The van der Waals surface area contributed by atoms with Crippen LogP contribution in [0.3, 0.4) is 0 Å². The molecule has 3 rings (SSSR count). The van der Waals surface area contributed by atoms with Crippen LogP contribution in [0.25, 0.3) is 16.8 Å². The Kier molecular flexibility index (Phi) is 10.6. The van der Waals surface area contributed by atoms with Gasteiger partial charge in [-0.1, -0.05) is 26.0 Å². The van der Waals surface area contributed by atoms with E-state index >= 15 is 0 Å². The molecule has 0 bridgehead atoms. The topological polar surface area (TPSA) is 94.9 Å². The number of carbonyl (C=O) groups is 2. The van der Waals surface area contributed by atoms with Crippen LogP contribution in [0.15, 0.2) is 54.7 Å². The van der Waals surface area contributed by atoms with Crippen molar-refractivity contribution in [2.24, 2.45) is 0 Å². The fourth-order valence-electron chi connectivity index (χ4n) is 4.58. The van der Waals surface area contributed by atoms with Gasteiger partial charge in [-0.3, -0.25) is 4.68 Å². The molecular weight excluding hydrogens is 551 g/mol. The maximum atomic E-state index is 14.0. The van der Waals surface area contributed by atoms with Crippen LogP contribution in [0, 0.1) is 5.82 Å². The van der Waals surface area contributed by atoms with E-state index in [0.717, 1.165) is 5.56 Å². The fourth-order valence-corrected chi connectivity index (χ4v) is 4.58. The Morgan fingerprint density at radius 3 is 2.19 bits per heavy atom. The second-order valence-electron chi connectivity index (χ2n) is 12.1. The summed E-state index contributed by atoms with van der Waals surface area (Å²) in [5.74, 6) is -0.185. The van der Waals surface area contributed by atoms with Crippen molar-refractivity contribution in [2.45, 2.75) is 59.1 Å². The summed E-state index contributed by atoms with van der Waals surface area (Å²) in [6.45, 7) is 11.7. The van der Waals surface area contributed by atoms with Gasteiger partial charge in [0, 0.05) is 43.4 Å². The Labute approximate surface area is 253 Å². The Morgan fingerprint density at radius 1 is 1.02 bits per heavy atom. The van der Waals surface area contributed by atoms with Gasteiger partial charge in [0.15, 0.2) is 0 Å². The largest absolute Gasteiger partial charge is 0.497 e. The molecule has 0 unspecified atom stereocenters. The molecule has 0 saturated heterocycles. The summed E-state index contributed by atoms with van der Waals surface area (Å²) in [5, 5.41) is 7.90. The van der Waals surface area contributed by atoms with Crippen molar-refractivity contribution in [2.75, 3.05) is 34.4 Å². The number of nitrogens with one attached hydrogen (secondary N) is 1. The normalized spacial score (nSPS) is 12.1. The lowest BCUT2D eigenvalue weighted by molar-refractivity contribution is -0.136. The first-order valence-corrected chi connectivity index (χ1v) is 14.2. The van der Waals surface area contributed by atoms with Crippen LogP contribution in [-0.4, -0.2) is 66.7 Å². The van der Waals surface area contributed by atoms with Gasteiger partial charge in [0.05, 0.1) is 31.6 Å². The molecule has 1 amide bonds. The van der Waals surface area contributed by atoms with Gasteiger partial charge in [-0.15, -0.1) is 0 Å². The van der Waals surface area contributed by atoms with E-state index in [-0.39, 0.29) is 19.0 Å². The number of alkyl carbamates (subject to hydrolysis) is 1. The lowest BCUT2D eigenvalue weighted by Gasteiger charge is -2.29. The number of amides is 1. The summed E-state index contributed by atoms with van der Waals surface area (Å²) in [7, 11) is 5.24. The molecule has 1 N–H and O–H groups in total. The van der Waals surface area contributed by atoms with Gasteiger partial charge in [0.25, 0.3) is 0 Å². The number of hydrogen-bond acceptors (Lipinski definition) is 7. The molecule has 1 aromatic heterocycles. The molecule has 3 aromatic rings. The number of methoxy groups -OCH3 is 1. The average Bonchev–Trinajstić information content (AvgIpc) is 3.30. The van der Waals surface area contributed by atoms with E-state index < -0.39 is 23.1 Å². The van der Waals surface area contributed by atoms with Crippen molar-refractivity contribution in [1.29, 1.82) is 0 Å². The Bertz CT molecular complexity index is 1440. The first kappa shape index (κ1) is 33.2. The number of nitrogens with zero attached hydrogens (tertiary/aromatic N) is 3. The summed E-state index contributed by atoms with van der Waals surface area (Å²) >= 11 is 0. The maximum Gasteiger partial charge on any atom is 0.407 e. The number of ether oxygens (including phenoxy) is 3. The van der Waals surface area contributed by atoms with Crippen LogP contribution < -0.4 is 10.1 Å². The standard InChI is InChI=1S/C33H43FN4O5/c1-10-42-30(39)26(20-37(7)8)29-27(33(5,6)21-35-31(40)43-32(2,3)4)28(23-13-15-24(34)16-14-23)36-38(29)19-22-11-17-25(41-9)18-12-22/h11-18,20H,10,19,21H2,1-9H3,(H,35,40)/b26-20-. The Hall–Kier alpha value is -4.34. The SMILES string of the molecule is CCOC(=O)/C(=C\N(C)C)c1c(C(C)(C)CNC(=O)OC(C)(C)C)c(-c2ccc(F)cc2)nn1Cc1ccc(OC)cc1. The van der Waals surface area contributed by atoms with Crippen molar-refractivity contribution in [1.82, 2.24) is 20.0 Å². The molecule has 232 valence electrons. The molecule has 0 atom stereocenters. The fraction of sp³-hybridized carbons (Fsp3) is 0.424. The average molecular weight is 595 g/mol. The zero-order chi connectivity index (χ0) is 31.9. The number of hydrogen-bond donors (Lipinski definition) is 1. The Morgan fingerprint density at radius 2 is 1.65 bits per heavy atom. The minimum Gasteiger partial charge on any atom is -0.497 e. The minimum atomic E-state index is -0.786. The molecule has 0 spiro atoms. The summed E-state index contributed by atoms with van der Waals surface area (Å²) in [5.41, 5.74) is 2.17. The van der Waals surface area contributed by atoms with E-state index in [4.69, 9.17) is 19.3 Å². The first-order valence-electron chi connectivity index (χ1n) is 14.2. The lowest BCUT2D eigenvalue weighted by Crippen LogP contribution is -2.40. The van der Waals surface area contributed by atoms with Crippen molar-refractivity contribution in [3.63, 3.8) is 0 Å². The summed E-state index contributed by atoms with van der Waals surface area (Å²) in [4.78, 5) is 28.0. The molecule has 43 heavy (non-hydrogen) atoms. The quantitative estimate of drug-likeness (QED) is 0.215. The first-order chi connectivity index (χ1) is 20.1. The van der Waals surface area contributed by atoms with Crippen LogP contribution in [0.2, 0.25) is 0 Å². The van der Waals surface area contributed by atoms with E-state index in [9.17, 15) is 14.0 Å². The third-order valence-corrected chi connectivity index (χ3v) is 6.45. The van der Waals surface area contributed by atoms with Gasteiger partial charge >= 0.3 is 12.1 Å². The molecule has 0 saturated carbocycles. The molecule has 0 fully saturated rings. The highest BCUT2D eigenvalue weighted by atomic mass is 19.1. The van der Waals surface area contributed by atoms with E-state index in [1.165, 1.54) is 12.1 Å². The molecule has 0 aliphatic carbocycles. The molecule has 0 radical (unpaired) electrons. The van der Waals surface area contributed by atoms with Gasteiger partial charge in [-0.05, 0) is 69.7 Å². The van der Waals surface area contributed by atoms with Crippen molar-refractivity contribution >= 4 is 17.6 Å². The minimum absolute atomic E-state index is 0.162. The molecule has 2 aromatic carbocycles. The molecule has 1 heterocycles. The molecular formula is C33H43FN4O5. The van der Waals surface area contributed by atoms with Crippen molar-refractivity contribution < 1.29 is 28.2 Å².